The van der Waals surface area contributed by atoms with Crippen molar-refractivity contribution in [3.8, 4) is 0 Å². The Kier molecular flexibility index (Phi) is 4.02. The highest BCUT2D eigenvalue weighted by Crippen LogP contribution is 2.20. The first-order valence-corrected chi connectivity index (χ1v) is 6.68. The van der Waals surface area contributed by atoms with Crippen LogP contribution in [0.5, 0.6) is 0 Å². The van der Waals surface area contributed by atoms with E-state index < -0.39 is 0 Å². The van der Waals surface area contributed by atoms with E-state index in [0.29, 0.717) is 5.92 Å². The number of aliphatic hydroxyl groups excluding tert-OH is 1. The number of fused-ring (bicyclic) bond motifs is 1. The van der Waals surface area contributed by atoms with Crippen LogP contribution in [0.15, 0.2) is 18.2 Å². The van der Waals surface area contributed by atoms with Crippen LogP contribution < -0.4 is 0 Å². The van der Waals surface area contributed by atoms with Crippen LogP contribution in [-0.4, -0.2) is 21.3 Å². The molecule has 0 spiro atoms. The molecule has 3 nitrogen and oxygen atoms in total. The number of aryl methyl sites for hydroxylation is 2. The van der Waals surface area contributed by atoms with Gasteiger partial charge in [0.2, 0.25) is 0 Å². The molecule has 1 heterocycles. The van der Waals surface area contributed by atoms with Crippen LogP contribution in [-0.2, 0) is 13.0 Å². The zero-order valence-electron chi connectivity index (χ0n) is 11.5. The molecule has 0 aliphatic rings. The summed E-state index contributed by atoms with van der Waals surface area (Å²) in [5, 5.41) is 8.98. The number of benzene rings is 1. The molecule has 0 unspecified atom stereocenters. The maximum Gasteiger partial charge on any atom is 0.109 e. The maximum absolute atomic E-state index is 8.98. The lowest BCUT2D eigenvalue weighted by Crippen LogP contribution is -2.09. The summed E-state index contributed by atoms with van der Waals surface area (Å²) in [6.07, 6.45) is 1.62. The first kappa shape index (κ1) is 13.1. The molecule has 98 valence electrons. The molecular weight excluding hydrogens is 224 g/mol. The Morgan fingerprint density at radius 2 is 2.11 bits per heavy atom. The number of imidazole rings is 1. The Morgan fingerprint density at radius 1 is 1.33 bits per heavy atom. The molecule has 2 rings (SSSR count). The molecule has 0 saturated carbocycles. The number of hydrogen-bond acceptors (Lipinski definition) is 2. The van der Waals surface area contributed by atoms with E-state index >= 15 is 0 Å². The minimum Gasteiger partial charge on any atom is -0.396 e. The number of aliphatic hydroxyl groups is 1. The van der Waals surface area contributed by atoms with Gasteiger partial charge >= 0.3 is 0 Å². The first-order chi connectivity index (χ1) is 8.61. The molecular formula is C15H22N2O. The van der Waals surface area contributed by atoms with Gasteiger partial charge in [-0.3, -0.25) is 0 Å². The van der Waals surface area contributed by atoms with Gasteiger partial charge in [0.05, 0.1) is 11.0 Å². The fourth-order valence-electron chi connectivity index (χ4n) is 2.29. The van der Waals surface area contributed by atoms with Crippen molar-refractivity contribution in [1.29, 1.82) is 0 Å². The van der Waals surface area contributed by atoms with Crippen molar-refractivity contribution in [3.63, 3.8) is 0 Å². The Labute approximate surface area is 108 Å². The number of rotatable bonds is 5. The molecule has 0 fully saturated rings. The van der Waals surface area contributed by atoms with Crippen molar-refractivity contribution >= 4 is 11.0 Å². The van der Waals surface area contributed by atoms with Crippen LogP contribution in [0, 0.1) is 12.8 Å². The van der Waals surface area contributed by atoms with Gasteiger partial charge < -0.3 is 9.67 Å². The largest absolute Gasteiger partial charge is 0.396 e. The minimum absolute atomic E-state index is 0.226. The van der Waals surface area contributed by atoms with E-state index in [1.165, 1.54) is 11.1 Å². The third-order valence-corrected chi connectivity index (χ3v) is 3.09. The van der Waals surface area contributed by atoms with Gasteiger partial charge in [-0.25, -0.2) is 4.98 Å². The fourth-order valence-corrected chi connectivity index (χ4v) is 2.29. The molecule has 0 saturated heterocycles. The van der Waals surface area contributed by atoms with E-state index in [1.807, 2.05) is 0 Å². The predicted octanol–water partition coefficient (Wildman–Crippen LogP) is 2.93. The van der Waals surface area contributed by atoms with E-state index in [9.17, 15) is 0 Å². The van der Waals surface area contributed by atoms with Crippen molar-refractivity contribution in [2.45, 2.75) is 40.2 Å². The van der Waals surface area contributed by atoms with Crippen molar-refractivity contribution < 1.29 is 5.11 Å². The van der Waals surface area contributed by atoms with E-state index in [2.05, 4.69) is 43.5 Å². The number of nitrogens with zero attached hydrogens (tertiary/aromatic N) is 2. The molecule has 3 heteroatoms. The molecule has 1 N–H and O–H groups in total. The van der Waals surface area contributed by atoms with Gasteiger partial charge in [0, 0.05) is 19.6 Å². The van der Waals surface area contributed by atoms with Gasteiger partial charge in [-0.05, 0) is 37.0 Å². The van der Waals surface area contributed by atoms with Crippen molar-refractivity contribution in [2.75, 3.05) is 6.61 Å². The van der Waals surface area contributed by atoms with Gasteiger partial charge in [0.15, 0.2) is 0 Å². The average molecular weight is 246 g/mol. The summed E-state index contributed by atoms with van der Waals surface area (Å²) in [5.41, 5.74) is 3.52. The van der Waals surface area contributed by atoms with Crippen LogP contribution in [0.2, 0.25) is 0 Å². The normalized spacial score (nSPS) is 11.6. The molecule has 0 amide bonds. The van der Waals surface area contributed by atoms with E-state index in [4.69, 9.17) is 10.1 Å². The van der Waals surface area contributed by atoms with E-state index in [0.717, 1.165) is 30.7 Å². The lowest BCUT2D eigenvalue weighted by Gasteiger charge is -2.11. The smallest absolute Gasteiger partial charge is 0.109 e. The van der Waals surface area contributed by atoms with Gasteiger partial charge in [0.25, 0.3) is 0 Å². The number of aromatic nitrogens is 2. The molecule has 0 radical (unpaired) electrons. The minimum atomic E-state index is 0.226. The molecule has 0 atom stereocenters. The Balaban J connectivity index is 2.45. The highest BCUT2D eigenvalue weighted by atomic mass is 16.2. The fraction of sp³-hybridized carbons (Fsp3) is 0.533. The summed E-state index contributed by atoms with van der Waals surface area (Å²) in [4.78, 5) is 4.72. The average Bonchev–Trinajstić information content (AvgIpc) is 2.63. The monoisotopic (exact) mass is 246 g/mol. The second kappa shape index (κ2) is 5.53. The van der Waals surface area contributed by atoms with Crippen LogP contribution in [0.1, 0.15) is 31.7 Å². The molecule has 2 aromatic rings. The summed E-state index contributed by atoms with van der Waals surface area (Å²) >= 11 is 0. The molecule has 0 aliphatic heterocycles. The summed E-state index contributed by atoms with van der Waals surface area (Å²) in [5.74, 6) is 1.69. The zero-order valence-corrected chi connectivity index (χ0v) is 11.5. The van der Waals surface area contributed by atoms with E-state index in [-0.39, 0.29) is 6.61 Å². The molecule has 1 aromatic carbocycles. The Morgan fingerprint density at radius 3 is 2.78 bits per heavy atom. The van der Waals surface area contributed by atoms with Crippen LogP contribution >= 0.6 is 0 Å². The third-order valence-electron chi connectivity index (χ3n) is 3.09. The van der Waals surface area contributed by atoms with Gasteiger partial charge in [0.1, 0.15) is 5.82 Å². The Hall–Kier alpha value is -1.35. The van der Waals surface area contributed by atoms with Crippen LogP contribution in [0.25, 0.3) is 11.0 Å². The van der Waals surface area contributed by atoms with Gasteiger partial charge in [-0.1, -0.05) is 19.9 Å². The Bertz CT molecular complexity index is 529. The lowest BCUT2D eigenvalue weighted by atomic mass is 10.2. The predicted molar refractivity (Wildman–Crippen MR) is 74.7 cm³/mol. The first-order valence-electron chi connectivity index (χ1n) is 6.68. The third kappa shape index (κ3) is 2.72. The maximum atomic E-state index is 8.98. The van der Waals surface area contributed by atoms with Crippen molar-refractivity contribution in [2.24, 2.45) is 5.92 Å². The van der Waals surface area contributed by atoms with E-state index in [1.54, 1.807) is 0 Å². The zero-order chi connectivity index (χ0) is 13.1. The van der Waals surface area contributed by atoms with Crippen molar-refractivity contribution in [1.82, 2.24) is 9.55 Å². The number of hydrogen-bond donors (Lipinski definition) is 1. The molecule has 18 heavy (non-hydrogen) atoms. The summed E-state index contributed by atoms with van der Waals surface area (Å²) in [6.45, 7) is 7.74. The van der Waals surface area contributed by atoms with Gasteiger partial charge in [-0.15, -0.1) is 0 Å². The second-order valence-electron chi connectivity index (χ2n) is 5.35. The molecule has 0 bridgehead atoms. The summed E-state index contributed by atoms with van der Waals surface area (Å²) in [6, 6.07) is 6.42. The van der Waals surface area contributed by atoms with Gasteiger partial charge in [-0.2, -0.15) is 0 Å². The summed E-state index contributed by atoms with van der Waals surface area (Å²) in [7, 11) is 0. The topological polar surface area (TPSA) is 38.1 Å². The second-order valence-corrected chi connectivity index (χ2v) is 5.35. The standard InChI is InChI=1S/C15H22N2O/c1-11(2)10-17-14-7-6-12(3)9-13(14)16-15(17)5-4-8-18/h6-7,9,11,18H,4-5,8,10H2,1-3H3. The van der Waals surface area contributed by atoms with Crippen LogP contribution in [0.4, 0.5) is 0 Å². The SMILES string of the molecule is Cc1ccc2c(c1)nc(CCCO)n2CC(C)C. The molecule has 1 aromatic heterocycles. The highest BCUT2D eigenvalue weighted by molar-refractivity contribution is 5.76. The lowest BCUT2D eigenvalue weighted by molar-refractivity contribution is 0.286. The highest BCUT2D eigenvalue weighted by Gasteiger charge is 2.11. The van der Waals surface area contributed by atoms with Crippen LogP contribution in [0.3, 0.4) is 0 Å². The summed E-state index contributed by atoms with van der Waals surface area (Å²) < 4.78 is 2.30. The van der Waals surface area contributed by atoms with Crippen molar-refractivity contribution in [3.05, 3.63) is 29.6 Å². The molecule has 0 aliphatic carbocycles. The quantitative estimate of drug-likeness (QED) is 0.881.